The molecule has 1 saturated heterocycles. The van der Waals surface area contributed by atoms with Crippen LogP contribution in [0.25, 0.3) is 0 Å². The number of carbonyl (C=O) groups is 1. The third-order valence-corrected chi connectivity index (χ3v) is 3.74. The number of piperidine rings is 1. The molecule has 2 unspecified atom stereocenters. The van der Waals surface area contributed by atoms with Gasteiger partial charge < -0.3 is 16.4 Å². The number of rotatable bonds is 3. The summed E-state index contributed by atoms with van der Waals surface area (Å²) in [7, 11) is 0. The van der Waals surface area contributed by atoms with Gasteiger partial charge in [-0.05, 0) is 47.5 Å². The molecule has 106 valence electrons. The van der Waals surface area contributed by atoms with E-state index < -0.39 is 0 Å². The Morgan fingerprint density at radius 2 is 1.67 bits per heavy atom. The number of nitrogens with two attached hydrogens (primary N) is 1. The summed E-state index contributed by atoms with van der Waals surface area (Å²) in [6.07, 6.45) is 1.90. The fourth-order valence-electron chi connectivity index (χ4n) is 3.00. The van der Waals surface area contributed by atoms with Crippen molar-refractivity contribution in [3.63, 3.8) is 0 Å². The van der Waals surface area contributed by atoms with E-state index in [0.29, 0.717) is 0 Å². The van der Waals surface area contributed by atoms with Gasteiger partial charge in [-0.1, -0.05) is 6.92 Å². The molecule has 1 heterocycles. The fourth-order valence-corrected chi connectivity index (χ4v) is 3.00. The summed E-state index contributed by atoms with van der Waals surface area (Å²) in [6.45, 7) is 12.5. The molecular weight excluding hydrogens is 226 g/mol. The minimum atomic E-state index is -0.133. The summed E-state index contributed by atoms with van der Waals surface area (Å²) in [5.41, 5.74) is 5.88. The maximum absolute atomic E-state index is 12.1. The second-order valence-corrected chi connectivity index (χ2v) is 7.15. The Balaban J connectivity index is 2.65. The highest BCUT2D eigenvalue weighted by molar-refractivity contribution is 5.79. The van der Waals surface area contributed by atoms with Gasteiger partial charge in [-0.25, -0.2) is 0 Å². The lowest BCUT2D eigenvalue weighted by Crippen LogP contribution is -2.62. The molecule has 18 heavy (non-hydrogen) atoms. The van der Waals surface area contributed by atoms with Crippen molar-refractivity contribution >= 4 is 5.91 Å². The van der Waals surface area contributed by atoms with Crippen LogP contribution in [0.15, 0.2) is 0 Å². The molecular formula is C14H29N3O. The standard InChI is InChI=1S/C14H29N3O/c1-9(10(2)15)12(18)16-11-7-13(3,4)17-14(5,6)8-11/h9-11,17H,7-8,15H2,1-6H3,(H,16,18). The van der Waals surface area contributed by atoms with Crippen molar-refractivity contribution < 1.29 is 4.79 Å². The van der Waals surface area contributed by atoms with Gasteiger partial charge in [0, 0.05) is 29.1 Å². The van der Waals surface area contributed by atoms with Crippen molar-refractivity contribution in [3.8, 4) is 0 Å². The zero-order chi connectivity index (χ0) is 14.1. The average molecular weight is 255 g/mol. The monoisotopic (exact) mass is 255 g/mol. The largest absolute Gasteiger partial charge is 0.353 e. The van der Waals surface area contributed by atoms with Gasteiger partial charge in [0.05, 0.1) is 0 Å². The third-order valence-electron chi connectivity index (χ3n) is 3.74. The van der Waals surface area contributed by atoms with Crippen LogP contribution in [0.5, 0.6) is 0 Å². The molecule has 0 spiro atoms. The average Bonchev–Trinajstić information content (AvgIpc) is 2.10. The Bertz CT molecular complexity index is 294. The molecule has 1 aliphatic heterocycles. The quantitative estimate of drug-likeness (QED) is 0.714. The summed E-state index contributed by atoms with van der Waals surface area (Å²) < 4.78 is 0. The molecule has 0 aliphatic carbocycles. The second kappa shape index (κ2) is 5.17. The molecule has 0 saturated carbocycles. The van der Waals surface area contributed by atoms with Crippen LogP contribution in [0.1, 0.15) is 54.4 Å². The molecule has 0 aromatic carbocycles. The molecule has 4 heteroatoms. The molecule has 0 aromatic heterocycles. The van der Waals surface area contributed by atoms with Gasteiger partial charge in [-0.15, -0.1) is 0 Å². The van der Waals surface area contributed by atoms with Crippen LogP contribution in [0.3, 0.4) is 0 Å². The van der Waals surface area contributed by atoms with Crippen LogP contribution in [0.4, 0.5) is 0 Å². The van der Waals surface area contributed by atoms with Crippen molar-refractivity contribution in [1.82, 2.24) is 10.6 Å². The van der Waals surface area contributed by atoms with Crippen molar-refractivity contribution in [2.75, 3.05) is 0 Å². The minimum absolute atomic E-state index is 0.0528. The maximum Gasteiger partial charge on any atom is 0.224 e. The van der Waals surface area contributed by atoms with E-state index in [0.717, 1.165) is 12.8 Å². The lowest BCUT2D eigenvalue weighted by molar-refractivity contribution is -0.126. The van der Waals surface area contributed by atoms with E-state index in [1.807, 2.05) is 13.8 Å². The molecule has 0 aromatic rings. The number of nitrogens with one attached hydrogen (secondary N) is 2. The molecule has 0 radical (unpaired) electrons. The predicted molar refractivity (Wildman–Crippen MR) is 75.3 cm³/mol. The van der Waals surface area contributed by atoms with Gasteiger partial charge in [-0.3, -0.25) is 4.79 Å². The van der Waals surface area contributed by atoms with Crippen molar-refractivity contribution in [2.24, 2.45) is 11.7 Å². The molecule has 1 fully saturated rings. The van der Waals surface area contributed by atoms with E-state index in [4.69, 9.17) is 5.73 Å². The molecule has 4 N–H and O–H groups in total. The third kappa shape index (κ3) is 4.25. The van der Waals surface area contributed by atoms with Gasteiger partial charge in [0.15, 0.2) is 0 Å². The zero-order valence-electron chi connectivity index (χ0n) is 12.6. The summed E-state index contributed by atoms with van der Waals surface area (Å²) in [5.74, 6) is -0.0605. The Morgan fingerprint density at radius 1 is 1.22 bits per heavy atom. The lowest BCUT2D eigenvalue weighted by Gasteiger charge is -2.46. The van der Waals surface area contributed by atoms with Crippen LogP contribution in [-0.2, 0) is 4.79 Å². The van der Waals surface area contributed by atoms with E-state index in [9.17, 15) is 4.79 Å². The smallest absolute Gasteiger partial charge is 0.224 e. The van der Waals surface area contributed by atoms with E-state index in [2.05, 4.69) is 38.3 Å². The highest BCUT2D eigenvalue weighted by Gasteiger charge is 2.38. The normalized spacial score (nSPS) is 26.4. The van der Waals surface area contributed by atoms with E-state index in [-0.39, 0.29) is 35.0 Å². The van der Waals surface area contributed by atoms with Crippen molar-refractivity contribution in [1.29, 1.82) is 0 Å². The Kier molecular flexibility index (Phi) is 4.44. The van der Waals surface area contributed by atoms with Gasteiger partial charge in [0.25, 0.3) is 0 Å². The number of hydrogen-bond donors (Lipinski definition) is 3. The number of carbonyl (C=O) groups excluding carboxylic acids is 1. The first-order chi connectivity index (χ1) is 8.02. The summed E-state index contributed by atoms with van der Waals surface area (Å²) in [5, 5.41) is 6.76. The van der Waals surface area contributed by atoms with Crippen molar-refractivity contribution in [3.05, 3.63) is 0 Å². The second-order valence-electron chi connectivity index (χ2n) is 7.15. The predicted octanol–water partition coefficient (Wildman–Crippen LogP) is 1.40. The minimum Gasteiger partial charge on any atom is -0.353 e. The van der Waals surface area contributed by atoms with E-state index >= 15 is 0 Å². The van der Waals surface area contributed by atoms with Crippen LogP contribution in [0.2, 0.25) is 0 Å². The SMILES string of the molecule is CC(N)C(C)C(=O)NC1CC(C)(C)NC(C)(C)C1. The zero-order valence-corrected chi connectivity index (χ0v) is 12.6. The first-order valence-corrected chi connectivity index (χ1v) is 6.88. The first-order valence-electron chi connectivity index (χ1n) is 6.88. The number of amides is 1. The van der Waals surface area contributed by atoms with E-state index in [1.165, 1.54) is 0 Å². The van der Waals surface area contributed by atoms with E-state index in [1.54, 1.807) is 0 Å². The van der Waals surface area contributed by atoms with Crippen LogP contribution < -0.4 is 16.4 Å². The number of hydrogen-bond acceptors (Lipinski definition) is 3. The van der Waals surface area contributed by atoms with Gasteiger partial charge >= 0.3 is 0 Å². The molecule has 1 amide bonds. The fraction of sp³-hybridized carbons (Fsp3) is 0.929. The van der Waals surface area contributed by atoms with Crippen LogP contribution in [-0.4, -0.2) is 29.1 Å². The summed E-state index contributed by atoms with van der Waals surface area (Å²) in [4.78, 5) is 12.1. The Hall–Kier alpha value is -0.610. The van der Waals surface area contributed by atoms with Gasteiger partial charge in [0.1, 0.15) is 0 Å². The molecule has 2 atom stereocenters. The van der Waals surface area contributed by atoms with Gasteiger partial charge in [-0.2, -0.15) is 0 Å². The lowest BCUT2D eigenvalue weighted by atomic mass is 9.79. The molecule has 1 rings (SSSR count). The van der Waals surface area contributed by atoms with Gasteiger partial charge in [0.2, 0.25) is 5.91 Å². The van der Waals surface area contributed by atoms with Crippen molar-refractivity contribution in [2.45, 2.75) is 77.5 Å². The first kappa shape index (κ1) is 15.4. The molecule has 1 aliphatic rings. The highest BCUT2D eigenvalue weighted by Crippen LogP contribution is 2.28. The molecule has 0 bridgehead atoms. The topological polar surface area (TPSA) is 67.2 Å². The summed E-state index contributed by atoms with van der Waals surface area (Å²) in [6, 6.07) is 0.123. The molecule has 4 nitrogen and oxygen atoms in total. The maximum atomic E-state index is 12.1. The summed E-state index contributed by atoms with van der Waals surface area (Å²) >= 11 is 0. The highest BCUT2D eigenvalue weighted by atomic mass is 16.2. The Labute approximate surface area is 111 Å². The Morgan fingerprint density at radius 3 is 2.06 bits per heavy atom. The van der Waals surface area contributed by atoms with Crippen LogP contribution >= 0.6 is 0 Å². The van der Waals surface area contributed by atoms with Crippen LogP contribution in [0, 0.1) is 5.92 Å².